The van der Waals surface area contributed by atoms with Crippen LogP contribution in [0.1, 0.15) is 21.0 Å². The molecule has 0 amide bonds. The molecule has 0 unspecified atom stereocenters. The predicted octanol–water partition coefficient (Wildman–Crippen LogP) is 3.32. The van der Waals surface area contributed by atoms with Crippen molar-refractivity contribution in [3.63, 3.8) is 0 Å². The number of fused-ring (bicyclic) bond motifs is 1. The number of carbonyl (C=O) groups is 1. The summed E-state index contributed by atoms with van der Waals surface area (Å²) in [5, 5.41) is 4.44. The van der Waals surface area contributed by atoms with Crippen LogP contribution in [0.3, 0.4) is 0 Å². The van der Waals surface area contributed by atoms with Crippen LogP contribution in [-0.2, 0) is 18.4 Å². The summed E-state index contributed by atoms with van der Waals surface area (Å²) < 4.78 is 12.0. The highest BCUT2D eigenvalue weighted by Gasteiger charge is 2.20. The number of hydrogen-bond acceptors (Lipinski definition) is 7. The summed E-state index contributed by atoms with van der Waals surface area (Å²) in [5.74, 6) is -0.0785. The first kappa shape index (κ1) is 17.2. The monoisotopic (exact) mass is 381 g/mol. The van der Waals surface area contributed by atoms with Crippen LogP contribution in [0.2, 0.25) is 0 Å². The number of thiophene rings is 1. The summed E-state index contributed by atoms with van der Waals surface area (Å²) in [4.78, 5) is 29.8. The van der Waals surface area contributed by atoms with Crippen molar-refractivity contribution in [1.29, 1.82) is 0 Å². The van der Waals surface area contributed by atoms with Gasteiger partial charge in [-0.2, -0.15) is 0 Å². The molecule has 0 aliphatic heterocycles. The highest BCUT2D eigenvalue weighted by molar-refractivity contribution is 7.20. The third-order valence-corrected chi connectivity index (χ3v) is 5.35. The number of hydrogen-bond donors (Lipinski definition) is 0. The molecule has 1 aromatic carbocycles. The molecule has 0 N–H and O–H groups in total. The van der Waals surface area contributed by atoms with Gasteiger partial charge in [0.15, 0.2) is 12.4 Å². The molecule has 0 radical (unpaired) electrons. The first-order valence-corrected chi connectivity index (χ1v) is 8.99. The average molecular weight is 381 g/mol. The van der Waals surface area contributed by atoms with Crippen molar-refractivity contribution in [2.75, 3.05) is 0 Å². The lowest BCUT2D eigenvalue weighted by atomic mass is 10.1. The van der Waals surface area contributed by atoms with Crippen LogP contribution < -0.4 is 5.56 Å². The quantitative estimate of drug-likeness (QED) is 0.504. The molecular weight excluding hydrogens is 366 g/mol. The molecule has 0 saturated carbocycles. The number of aromatic nitrogens is 3. The lowest BCUT2D eigenvalue weighted by Crippen LogP contribution is -2.16. The smallest absolute Gasteiger partial charge is 0.349 e. The highest BCUT2D eigenvalue weighted by atomic mass is 32.1. The number of aryl methyl sites for hydroxylation is 2. The Morgan fingerprint density at radius 2 is 2.07 bits per heavy atom. The number of rotatable bonds is 4. The SMILES string of the molecule is Cc1c(C(=O)OCc2cc(-c3ccccc3)no2)sc2ncn(C)c(=O)c12. The number of ether oxygens (including phenoxy) is 1. The van der Waals surface area contributed by atoms with E-state index in [-0.39, 0.29) is 12.2 Å². The zero-order valence-corrected chi connectivity index (χ0v) is 15.4. The Kier molecular flexibility index (Phi) is 4.33. The fourth-order valence-electron chi connectivity index (χ4n) is 2.73. The van der Waals surface area contributed by atoms with E-state index in [9.17, 15) is 9.59 Å². The second-order valence-electron chi connectivity index (χ2n) is 6.02. The lowest BCUT2D eigenvalue weighted by Gasteiger charge is -2.01. The van der Waals surface area contributed by atoms with Crippen LogP contribution in [0.5, 0.6) is 0 Å². The van der Waals surface area contributed by atoms with Gasteiger partial charge in [0.05, 0.1) is 11.7 Å². The topological polar surface area (TPSA) is 87.2 Å². The van der Waals surface area contributed by atoms with E-state index in [0.717, 1.165) is 16.9 Å². The standard InChI is InChI=1S/C19H15N3O4S/c1-11-15-17(20-10-22(2)18(15)23)27-16(11)19(24)25-9-13-8-14(21-26-13)12-6-4-3-5-7-12/h3-8,10H,9H2,1-2H3. The van der Waals surface area contributed by atoms with E-state index in [0.29, 0.717) is 32.1 Å². The van der Waals surface area contributed by atoms with E-state index < -0.39 is 5.97 Å². The normalized spacial score (nSPS) is 11.0. The molecule has 0 fully saturated rings. The maximum absolute atomic E-state index is 12.5. The molecule has 4 rings (SSSR count). The van der Waals surface area contributed by atoms with E-state index >= 15 is 0 Å². The largest absolute Gasteiger partial charge is 0.453 e. The lowest BCUT2D eigenvalue weighted by molar-refractivity contribution is 0.0442. The second-order valence-corrected chi connectivity index (χ2v) is 7.02. The van der Waals surface area contributed by atoms with E-state index in [4.69, 9.17) is 9.26 Å². The minimum Gasteiger partial charge on any atom is -0.453 e. The van der Waals surface area contributed by atoms with Crippen LogP contribution in [0.25, 0.3) is 21.5 Å². The summed E-state index contributed by atoms with van der Waals surface area (Å²) >= 11 is 1.15. The Morgan fingerprint density at radius 3 is 2.85 bits per heavy atom. The third-order valence-electron chi connectivity index (χ3n) is 4.17. The van der Waals surface area contributed by atoms with E-state index in [1.165, 1.54) is 10.9 Å². The molecule has 0 bridgehead atoms. The van der Waals surface area contributed by atoms with Gasteiger partial charge in [0.25, 0.3) is 5.56 Å². The summed E-state index contributed by atoms with van der Waals surface area (Å²) in [6.45, 7) is 1.68. The van der Waals surface area contributed by atoms with Gasteiger partial charge in [-0.25, -0.2) is 9.78 Å². The van der Waals surface area contributed by atoms with Crippen molar-refractivity contribution in [3.05, 3.63) is 69.3 Å². The predicted molar refractivity (Wildman–Crippen MR) is 101 cm³/mol. The first-order chi connectivity index (χ1) is 13.0. The molecule has 0 atom stereocenters. The Hall–Kier alpha value is -3.26. The van der Waals surface area contributed by atoms with Gasteiger partial charge in [0, 0.05) is 18.7 Å². The van der Waals surface area contributed by atoms with Crippen molar-refractivity contribution in [1.82, 2.24) is 14.7 Å². The maximum Gasteiger partial charge on any atom is 0.349 e. The van der Waals surface area contributed by atoms with E-state index in [1.807, 2.05) is 30.3 Å². The fraction of sp³-hybridized carbons (Fsp3) is 0.158. The second kappa shape index (κ2) is 6.81. The fourth-order valence-corrected chi connectivity index (χ4v) is 3.76. The van der Waals surface area contributed by atoms with Gasteiger partial charge in [-0.1, -0.05) is 35.5 Å². The first-order valence-electron chi connectivity index (χ1n) is 8.17. The number of nitrogens with zero attached hydrogens (tertiary/aromatic N) is 3. The van der Waals surface area contributed by atoms with Crippen LogP contribution in [0.4, 0.5) is 0 Å². The molecule has 4 aromatic rings. The van der Waals surface area contributed by atoms with Crippen molar-refractivity contribution in [2.24, 2.45) is 7.05 Å². The summed E-state index contributed by atoms with van der Waals surface area (Å²) in [6.07, 6.45) is 1.44. The van der Waals surface area contributed by atoms with Gasteiger partial charge in [-0.05, 0) is 12.5 Å². The Labute approximate surface area is 157 Å². The van der Waals surface area contributed by atoms with Gasteiger partial charge < -0.3 is 13.8 Å². The summed E-state index contributed by atoms with van der Waals surface area (Å²) in [5.41, 5.74) is 1.99. The van der Waals surface area contributed by atoms with Crippen LogP contribution in [-0.4, -0.2) is 20.7 Å². The molecule has 3 heterocycles. The molecule has 0 spiro atoms. The summed E-state index contributed by atoms with van der Waals surface area (Å²) in [6, 6.07) is 11.3. The molecule has 27 heavy (non-hydrogen) atoms. The number of benzene rings is 1. The Bertz CT molecular complexity index is 1190. The molecule has 3 aromatic heterocycles. The summed E-state index contributed by atoms with van der Waals surface area (Å²) in [7, 11) is 1.62. The van der Waals surface area contributed by atoms with Gasteiger partial charge >= 0.3 is 5.97 Å². The van der Waals surface area contributed by atoms with Gasteiger partial charge in [0.2, 0.25) is 0 Å². The highest BCUT2D eigenvalue weighted by Crippen LogP contribution is 2.28. The molecule has 8 heteroatoms. The van der Waals surface area contributed by atoms with Gasteiger partial charge in [0.1, 0.15) is 15.4 Å². The average Bonchev–Trinajstić information content (AvgIpc) is 3.29. The van der Waals surface area contributed by atoms with Crippen molar-refractivity contribution < 1.29 is 14.1 Å². The number of esters is 1. The molecule has 136 valence electrons. The molecule has 7 nitrogen and oxygen atoms in total. The molecule has 0 aliphatic carbocycles. The number of carbonyl (C=O) groups excluding carboxylic acids is 1. The minimum atomic E-state index is -0.518. The van der Waals surface area contributed by atoms with Gasteiger partial charge in [-0.15, -0.1) is 11.3 Å². The van der Waals surface area contributed by atoms with Gasteiger partial charge in [-0.3, -0.25) is 4.79 Å². The Balaban J connectivity index is 1.53. The minimum absolute atomic E-state index is 0.0439. The van der Waals surface area contributed by atoms with Crippen molar-refractivity contribution in [3.8, 4) is 11.3 Å². The maximum atomic E-state index is 12.5. The van der Waals surface area contributed by atoms with Crippen LogP contribution >= 0.6 is 11.3 Å². The van der Waals surface area contributed by atoms with E-state index in [1.54, 1.807) is 20.0 Å². The zero-order valence-electron chi connectivity index (χ0n) is 14.6. The zero-order chi connectivity index (χ0) is 19.0. The molecule has 0 aliphatic rings. The molecule has 0 saturated heterocycles. The van der Waals surface area contributed by atoms with Crippen LogP contribution in [0.15, 0.2) is 52.0 Å². The Morgan fingerprint density at radius 1 is 1.30 bits per heavy atom. The van der Waals surface area contributed by atoms with E-state index in [2.05, 4.69) is 10.1 Å². The van der Waals surface area contributed by atoms with Crippen molar-refractivity contribution in [2.45, 2.75) is 13.5 Å². The molecular formula is C19H15N3O4S. The van der Waals surface area contributed by atoms with Crippen molar-refractivity contribution >= 4 is 27.5 Å². The van der Waals surface area contributed by atoms with Crippen LogP contribution in [0, 0.1) is 6.92 Å². The third kappa shape index (κ3) is 3.15.